The number of carbonyl (C=O) groups is 1. The molecule has 0 atom stereocenters. The van der Waals surface area contributed by atoms with Gasteiger partial charge in [0.2, 0.25) is 0 Å². The summed E-state index contributed by atoms with van der Waals surface area (Å²) >= 11 is 0. The molecular formula is C25H24F3N3O4S. The van der Waals surface area contributed by atoms with E-state index in [0.717, 1.165) is 12.1 Å². The van der Waals surface area contributed by atoms with Gasteiger partial charge in [-0.3, -0.25) is 9.52 Å². The van der Waals surface area contributed by atoms with Gasteiger partial charge in [-0.15, -0.1) is 0 Å². The lowest BCUT2D eigenvalue weighted by Crippen LogP contribution is -2.50. The topological polar surface area (TPSA) is 78.9 Å². The van der Waals surface area contributed by atoms with Gasteiger partial charge in [-0.1, -0.05) is 24.3 Å². The molecule has 0 saturated carbocycles. The minimum Gasteiger partial charge on any atom is -0.484 e. The number of carbonyl (C=O) groups excluding carboxylic acids is 1. The molecule has 0 spiro atoms. The van der Waals surface area contributed by atoms with E-state index in [-0.39, 0.29) is 17.4 Å². The SMILES string of the molecule is O=C(COc1ccc(S(=O)(=O)Nc2ccccc2)cc1)N1CCN(c2cccc(C(F)(F)F)c2)CC1. The summed E-state index contributed by atoms with van der Waals surface area (Å²) in [5, 5.41) is 0. The van der Waals surface area contributed by atoms with Crippen molar-refractivity contribution in [3.8, 4) is 5.75 Å². The van der Waals surface area contributed by atoms with E-state index in [9.17, 15) is 26.4 Å². The van der Waals surface area contributed by atoms with Gasteiger partial charge in [-0.2, -0.15) is 13.2 Å². The second-order valence-corrected chi connectivity index (χ2v) is 9.83. The van der Waals surface area contributed by atoms with Crippen LogP contribution in [0.15, 0.2) is 83.8 Å². The molecule has 1 amide bonds. The third-order valence-corrected chi connectivity index (χ3v) is 7.09. The van der Waals surface area contributed by atoms with E-state index in [0.29, 0.717) is 43.3 Å². The number of rotatable bonds is 7. The number of benzene rings is 3. The van der Waals surface area contributed by atoms with E-state index >= 15 is 0 Å². The van der Waals surface area contributed by atoms with Crippen molar-refractivity contribution in [1.29, 1.82) is 0 Å². The van der Waals surface area contributed by atoms with E-state index in [4.69, 9.17) is 4.74 Å². The first-order valence-electron chi connectivity index (χ1n) is 11.1. The molecule has 11 heteroatoms. The highest BCUT2D eigenvalue weighted by Crippen LogP contribution is 2.32. The van der Waals surface area contributed by atoms with Crippen LogP contribution in [-0.4, -0.2) is 52.0 Å². The van der Waals surface area contributed by atoms with Crippen LogP contribution in [-0.2, 0) is 21.0 Å². The third-order valence-electron chi connectivity index (χ3n) is 5.69. The molecule has 4 rings (SSSR count). The zero-order chi connectivity index (χ0) is 25.8. The zero-order valence-electron chi connectivity index (χ0n) is 19.1. The molecule has 7 nitrogen and oxygen atoms in total. The summed E-state index contributed by atoms with van der Waals surface area (Å²) in [5.41, 5.74) is 0.197. The van der Waals surface area contributed by atoms with Gasteiger partial charge in [0.1, 0.15) is 5.75 Å². The smallest absolute Gasteiger partial charge is 0.416 e. The predicted molar refractivity (Wildman–Crippen MR) is 129 cm³/mol. The fourth-order valence-corrected chi connectivity index (χ4v) is 4.82. The van der Waals surface area contributed by atoms with Crippen LogP contribution in [0, 0.1) is 0 Å². The summed E-state index contributed by atoms with van der Waals surface area (Å²) in [6.07, 6.45) is -4.41. The highest BCUT2D eigenvalue weighted by atomic mass is 32.2. The van der Waals surface area contributed by atoms with E-state index < -0.39 is 21.8 Å². The highest BCUT2D eigenvalue weighted by molar-refractivity contribution is 7.92. The number of nitrogens with zero attached hydrogens (tertiary/aromatic N) is 2. The summed E-state index contributed by atoms with van der Waals surface area (Å²) in [6.45, 7) is 1.25. The molecular weight excluding hydrogens is 495 g/mol. The van der Waals surface area contributed by atoms with Crippen molar-refractivity contribution in [2.75, 3.05) is 42.4 Å². The van der Waals surface area contributed by atoms with Gasteiger partial charge >= 0.3 is 6.18 Å². The number of sulfonamides is 1. The summed E-state index contributed by atoms with van der Waals surface area (Å²) in [7, 11) is -3.77. The minimum absolute atomic E-state index is 0.0516. The summed E-state index contributed by atoms with van der Waals surface area (Å²) in [4.78, 5) is 16.0. The fraction of sp³-hybridized carbons (Fsp3) is 0.240. The first kappa shape index (κ1) is 25.4. The summed E-state index contributed by atoms with van der Waals surface area (Å²) < 4.78 is 72.0. The average molecular weight is 520 g/mol. The largest absolute Gasteiger partial charge is 0.484 e. The number of halogens is 3. The molecule has 1 N–H and O–H groups in total. The maximum atomic E-state index is 13.0. The predicted octanol–water partition coefficient (Wildman–Crippen LogP) is 4.23. The standard InChI is InChI=1S/C25H24F3N3O4S/c26-25(27,28)19-5-4-8-21(17-19)30-13-15-31(16-14-30)24(32)18-35-22-9-11-23(12-10-22)36(33,34)29-20-6-2-1-3-7-20/h1-12,17,29H,13-16,18H2. The molecule has 1 aliphatic heterocycles. The lowest BCUT2D eigenvalue weighted by Gasteiger charge is -2.36. The van der Waals surface area contributed by atoms with E-state index in [2.05, 4.69) is 4.72 Å². The Morgan fingerprint density at radius 3 is 2.19 bits per heavy atom. The van der Waals surface area contributed by atoms with Crippen LogP contribution in [0.2, 0.25) is 0 Å². The monoisotopic (exact) mass is 519 g/mol. The first-order valence-corrected chi connectivity index (χ1v) is 12.6. The molecule has 36 heavy (non-hydrogen) atoms. The lowest BCUT2D eigenvalue weighted by molar-refractivity contribution is -0.137. The zero-order valence-corrected chi connectivity index (χ0v) is 19.9. The fourth-order valence-electron chi connectivity index (χ4n) is 3.76. The van der Waals surface area contributed by atoms with Crippen LogP contribution >= 0.6 is 0 Å². The van der Waals surface area contributed by atoms with Gasteiger partial charge < -0.3 is 14.5 Å². The Bertz CT molecular complexity index is 1290. The molecule has 0 aliphatic carbocycles. The maximum absolute atomic E-state index is 13.0. The average Bonchev–Trinajstić information content (AvgIpc) is 2.87. The highest BCUT2D eigenvalue weighted by Gasteiger charge is 2.31. The van der Waals surface area contributed by atoms with Gasteiger partial charge in [0.25, 0.3) is 15.9 Å². The van der Waals surface area contributed by atoms with Crippen molar-refractivity contribution >= 4 is 27.3 Å². The quantitative estimate of drug-likeness (QED) is 0.506. The Kier molecular flexibility index (Phi) is 7.39. The number of anilines is 2. The van der Waals surface area contributed by atoms with Crippen LogP contribution in [0.4, 0.5) is 24.5 Å². The van der Waals surface area contributed by atoms with Crippen LogP contribution in [0.5, 0.6) is 5.75 Å². The van der Waals surface area contributed by atoms with E-state index in [1.165, 1.54) is 30.3 Å². The minimum atomic E-state index is -4.41. The molecule has 0 unspecified atom stereocenters. The van der Waals surface area contributed by atoms with Gasteiger partial charge in [0.05, 0.1) is 10.5 Å². The van der Waals surface area contributed by atoms with Crippen molar-refractivity contribution < 1.29 is 31.1 Å². The van der Waals surface area contributed by atoms with Crippen molar-refractivity contribution in [1.82, 2.24) is 4.90 Å². The number of ether oxygens (including phenoxy) is 1. The number of hydrogen-bond acceptors (Lipinski definition) is 5. The lowest BCUT2D eigenvalue weighted by atomic mass is 10.1. The number of hydrogen-bond donors (Lipinski definition) is 1. The van der Waals surface area contributed by atoms with Crippen LogP contribution in [0.3, 0.4) is 0 Å². The Hall–Kier alpha value is -3.73. The molecule has 3 aromatic carbocycles. The second kappa shape index (κ2) is 10.5. The number of piperazine rings is 1. The molecule has 1 fully saturated rings. The Morgan fingerprint density at radius 1 is 0.889 bits per heavy atom. The molecule has 0 radical (unpaired) electrons. The Labute approximate surface area is 207 Å². The van der Waals surface area contributed by atoms with Gasteiger partial charge in [-0.05, 0) is 54.6 Å². The van der Waals surface area contributed by atoms with Crippen molar-refractivity contribution in [3.05, 3.63) is 84.4 Å². The molecule has 190 valence electrons. The number of para-hydroxylation sites is 1. The molecule has 3 aromatic rings. The van der Waals surface area contributed by atoms with Gasteiger partial charge in [0, 0.05) is 37.6 Å². The molecule has 1 saturated heterocycles. The number of alkyl halides is 3. The normalized spacial score (nSPS) is 14.4. The van der Waals surface area contributed by atoms with Crippen molar-refractivity contribution in [2.24, 2.45) is 0 Å². The summed E-state index contributed by atoms with van der Waals surface area (Å²) in [6, 6.07) is 19.3. The van der Waals surface area contributed by atoms with Crippen molar-refractivity contribution in [2.45, 2.75) is 11.1 Å². The van der Waals surface area contributed by atoms with Crippen LogP contribution in [0.25, 0.3) is 0 Å². The maximum Gasteiger partial charge on any atom is 0.416 e. The van der Waals surface area contributed by atoms with Crippen LogP contribution < -0.4 is 14.4 Å². The number of amides is 1. The first-order chi connectivity index (χ1) is 17.1. The molecule has 0 bridgehead atoms. The van der Waals surface area contributed by atoms with Crippen LogP contribution in [0.1, 0.15) is 5.56 Å². The second-order valence-electron chi connectivity index (χ2n) is 8.15. The Morgan fingerprint density at radius 2 is 1.56 bits per heavy atom. The Balaban J connectivity index is 1.28. The van der Waals surface area contributed by atoms with Crippen molar-refractivity contribution in [3.63, 3.8) is 0 Å². The third kappa shape index (κ3) is 6.28. The molecule has 1 aliphatic rings. The molecule has 0 aromatic heterocycles. The van der Waals surface area contributed by atoms with Gasteiger partial charge in [-0.25, -0.2) is 8.42 Å². The summed E-state index contributed by atoms with van der Waals surface area (Å²) in [5.74, 6) is 0.0748. The van der Waals surface area contributed by atoms with E-state index in [1.54, 1.807) is 41.3 Å². The number of nitrogens with one attached hydrogen (secondary N) is 1. The van der Waals surface area contributed by atoms with Gasteiger partial charge in [0.15, 0.2) is 6.61 Å². The van der Waals surface area contributed by atoms with E-state index in [1.807, 2.05) is 4.90 Å². The molecule has 1 heterocycles.